The molecule has 0 saturated carbocycles. The number of nitrogens with zero attached hydrogens (tertiary/aromatic N) is 2. The molecule has 1 aromatic carbocycles. The van der Waals surface area contributed by atoms with E-state index in [9.17, 15) is 30.7 Å². The van der Waals surface area contributed by atoms with Gasteiger partial charge in [-0.3, -0.25) is 0 Å². The van der Waals surface area contributed by atoms with Gasteiger partial charge in [0.1, 0.15) is 5.75 Å². The Hall–Kier alpha value is -2.95. The number of benzene rings is 1. The van der Waals surface area contributed by atoms with Crippen molar-refractivity contribution < 1.29 is 40.2 Å². The van der Waals surface area contributed by atoms with Gasteiger partial charge in [0.15, 0.2) is 17.5 Å². The Bertz CT molecular complexity index is 1030. The first-order valence-corrected chi connectivity index (χ1v) is 10.4. The van der Waals surface area contributed by atoms with Crippen LogP contribution >= 0.6 is 0 Å². The number of aryl methyl sites for hydroxylation is 1. The Kier molecular flexibility index (Phi) is 7.96. The maximum Gasteiger partial charge on any atom is 0.422 e. The molecule has 184 valence electrons. The first kappa shape index (κ1) is 25.7. The number of halogens is 7. The zero-order chi connectivity index (χ0) is 24.9. The van der Waals surface area contributed by atoms with Crippen molar-refractivity contribution in [3.63, 3.8) is 0 Å². The zero-order valence-electron chi connectivity index (χ0n) is 18.0. The van der Waals surface area contributed by atoms with E-state index >= 15 is 0 Å². The number of aromatic nitrogens is 2. The second-order valence-corrected chi connectivity index (χ2v) is 7.60. The molecular formula is C23H21F7N2O2. The number of alkyl halides is 4. The summed E-state index contributed by atoms with van der Waals surface area (Å²) in [6.45, 7) is 1.86. The van der Waals surface area contributed by atoms with Crippen LogP contribution in [0.3, 0.4) is 0 Å². The van der Waals surface area contributed by atoms with Crippen LogP contribution in [-0.4, -0.2) is 22.2 Å². The van der Waals surface area contributed by atoms with Crippen LogP contribution < -0.4 is 4.74 Å². The van der Waals surface area contributed by atoms with Gasteiger partial charge in [0.25, 0.3) is 0 Å². The Morgan fingerprint density at radius 3 is 2.24 bits per heavy atom. The van der Waals surface area contributed by atoms with Crippen LogP contribution in [-0.2, 0) is 17.3 Å². The predicted octanol–water partition coefficient (Wildman–Crippen LogP) is 6.62. The second-order valence-electron chi connectivity index (χ2n) is 7.60. The molecule has 2 aromatic rings. The monoisotopic (exact) mass is 490 g/mol. The fraction of sp³-hybridized carbons (Fsp3) is 0.391. The van der Waals surface area contributed by atoms with Gasteiger partial charge in [0.05, 0.1) is 6.10 Å². The molecular weight excluding hydrogens is 469 g/mol. The lowest BCUT2D eigenvalue weighted by Gasteiger charge is -2.29. The maximum atomic E-state index is 14.5. The van der Waals surface area contributed by atoms with Crippen LogP contribution in [0.15, 0.2) is 48.3 Å². The van der Waals surface area contributed by atoms with Crippen molar-refractivity contribution in [3.8, 4) is 5.75 Å². The summed E-state index contributed by atoms with van der Waals surface area (Å²) in [4.78, 5) is 7.32. The molecule has 0 spiro atoms. The van der Waals surface area contributed by atoms with Crippen LogP contribution in [0.5, 0.6) is 5.75 Å². The molecule has 0 N–H and O–H groups in total. The minimum atomic E-state index is -3.99. The van der Waals surface area contributed by atoms with Gasteiger partial charge < -0.3 is 9.47 Å². The molecule has 0 fully saturated rings. The second kappa shape index (κ2) is 10.5. The fourth-order valence-corrected chi connectivity index (χ4v) is 3.30. The Morgan fingerprint density at radius 2 is 1.68 bits per heavy atom. The van der Waals surface area contributed by atoms with Gasteiger partial charge in [-0.15, -0.1) is 0 Å². The SMILES string of the molecule is CC=CCCc1cnc(C(F)(F)OC2CC=C(C(F)(F)Oc3cc(F)c(F)c(F)c3)CC2)nc1. The van der Waals surface area contributed by atoms with Crippen molar-refractivity contribution in [3.05, 3.63) is 77.2 Å². The molecule has 1 aliphatic carbocycles. The van der Waals surface area contributed by atoms with E-state index in [1.54, 1.807) is 0 Å². The highest BCUT2D eigenvalue weighted by Gasteiger charge is 2.43. The average Bonchev–Trinajstić information content (AvgIpc) is 2.78. The van der Waals surface area contributed by atoms with Crippen LogP contribution in [0.2, 0.25) is 0 Å². The van der Waals surface area contributed by atoms with E-state index in [0.717, 1.165) is 6.08 Å². The first-order chi connectivity index (χ1) is 16.0. The summed E-state index contributed by atoms with van der Waals surface area (Å²) < 4.78 is 106. The predicted molar refractivity (Wildman–Crippen MR) is 108 cm³/mol. The van der Waals surface area contributed by atoms with Gasteiger partial charge in [0, 0.05) is 30.1 Å². The highest BCUT2D eigenvalue weighted by Crippen LogP contribution is 2.38. The molecule has 1 aliphatic rings. The molecule has 1 atom stereocenters. The highest BCUT2D eigenvalue weighted by atomic mass is 19.3. The molecule has 0 aliphatic heterocycles. The Labute approximate surface area is 191 Å². The standard InChI is InChI=1S/C23H21F7N2O2/c1-2-3-4-5-14-12-31-21(32-13-14)23(29,30)33-16-8-6-15(7-9-16)22(27,28)34-17-10-18(24)20(26)19(25)11-17/h2-3,6,10-13,16H,4-5,7-9H2,1H3. The third-order valence-electron chi connectivity index (χ3n) is 5.06. The third-order valence-corrected chi connectivity index (χ3v) is 5.06. The normalized spacial score (nSPS) is 17.2. The lowest BCUT2D eigenvalue weighted by Crippen LogP contribution is -2.33. The molecule has 0 radical (unpaired) electrons. The van der Waals surface area contributed by atoms with Crippen molar-refractivity contribution in [1.29, 1.82) is 0 Å². The largest absolute Gasteiger partial charge is 0.429 e. The molecule has 1 aromatic heterocycles. The average molecular weight is 490 g/mol. The van der Waals surface area contributed by atoms with Crippen molar-refractivity contribution in [2.24, 2.45) is 0 Å². The van der Waals surface area contributed by atoms with Crippen molar-refractivity contribution in [1.82, 2.24) is 9.97 Å². The zero-order valence-corrected chi connectivity index (χ0v) is 18.0. The van der Waals surface area contributed by atoms with Crippen LogP contribution in [0.1, 0.15) is 44.0 Å². The van der Waals surface area contributed by atoms with Gasteiger partial charge in [0.2, 0.25) is 5.82 Å². The van der Waals surface area contributed by atoms with E-state index < -0.39 is 52.9 Å². The quantitative estimate of drug-likeness (QED) is 0.225. The van der Waals surface area contributed by atoms with Gasteiger partial charge >= 0.3 is 12.2 Å². The van der Waals surface area contributed by atoms with Gasteiger partial charge in [-0.05, 0) is 44.6 Å². The summed E-state index contributed by atoms with van der Waals surface area (Å²) in [5, 5.41) is 0. The van der Waals surface area contributed by atoms with Crippen LogP contribution in [0.4, 0.5) is 30.7 Å². The van der Waals surface area contributed by atoms with E-state index in [2.05, 4.69) is 14.7 Å². The molecule has 0 amide bonds. The smallest absolute Gasteiger partial charge is 0.422 e. The number of hydrogen-bond donors (Lipinski definition) is 0. The molecule has 1 heterocycles. The summed E-state index contributed by atoms with van der Waals surface area (Å²) in [5.74, 6) is -6.95. The number of allylic oxidation sites excluding steroid dienone is 2. The lowest BCUT2D eigenvalue weighted by molar-refractivity contribution is -0.279. The first-order valence-electron chi connectivity index (χ1n) is 10.4. The molecule has 3 rings (SSSR count). The maximum absolute atomic E-state index is 14.5. The summed E-state index contributed by atoms with van der Waals surface area (Å²) in [7, 11) is 0. The molecule has 0 bridgehead atoms. The fourth-order valence-electron chi connectivity index (χ4n) is 3.30. The van der Waals surface area contributed by atoms with E-state index in [-0.39, 0.29) is 31.4 Å². The van der Waals surface area contributed by atoms with E-state index in [1.807, 2.05) is 19.1 Å². The van der Waals surface area contributed by atoms with Crippen molar-refractivity contribution >= 4 is 0 Å². The number of rotatable bonds is 9. The number of ether oxygens (including phenoxy) is 2. The summed E-state index contributed by atoms with van der Waals surface area (Å²) >= 11 is 0. The van der Waals surface area contributed by atoms with E-state index in [1.165, 1.54) is 12.4 Å². The van der Waals surface area contributed by atoms with E-state index in [0.29, 0.717) is 18.4 Å². The van der Waals surface area contributed by atoms with Crippen molar-refractivity contribution in [2.75, 3.05) is 0 Å². The Morgan fingerprint density at radius 1 is 1.03 bits per heavy atom. The van der Waals surface area contributed by atoms with Gasteiger partial charge in [-0.2, -0.15) is 17.6 Å². The Balaban J connectivity index is 1.61. The summed E-state index contributed by atoms with van der Waals surface area (Å²) in [6.07, 6.45) is -1.20. The van der Waals surface area contributed by atoms with Gasteiger partial charge in [-0.25, -0.2) is 23.1 Å². The topological polar surface area (TPSA) is 44.2 Å². The minimum Gasteiger partial charge on any atom is -0.429 e. The lowest BCUT2D eigenvalue weighted by atomic mass is 9.96. The van der Waals surface area contributed by atoms with Crippen LogP contribution in [0, 0.1) is 17.5 Å². The minimum absolute atomic E-state index is 0.200. The van der Waals surface area contributed by atoms with E-state index in [4.69, 9.17) is 4.74 Å². The molecule has 1 unspecified atom stereocenters. The van der Waals surface area contributed by atoms with Crippen molar-refractivity contribution in [2.45, 2.75) is 57.3 Å². The third kappa shape index (κ3) is 6.34. The summed E-state index contributed by atoms with van der Waals surface area (Å²) in [6, 6.07) is 0.571. The van der Waals surface area contributed by atoms with Gasteiger partial charge in [-0.1, -0.05) is 18.2 Å². The number of hydrogen-bond acceptors (Lipinski definition) is 4. The molecule has 34 heavy (non-hydrogen) atoms. The summed E-state index contributed by atoms with van der Waals surface area (Å²) in [5.41, 5.74) is 0.0913. The highest BCUT2D eigenvalue weighted by molar-refractivity contribution is 5.27. The molecule has 0 saturated heterocycles. The molecule has 11 heteroatoms. The molecule has 4 nitrogen and oxygen atoms in total. The van der Waals surface area contributed by atoms with Crippen LogP contribution in [0.25, 0.3) is 0 Å².